The number of nitrogens with zero attached hydrogens (tertiary/aromatic N) is 4. The van der Waals surface area contributed by atoms with Gasteiger partial charge in [-0.2, -0.15) is 0 Å². The second-order valence-electron chi connectivity index (χ2n) is 13.2. The number of urea groups is 1. The molecule has 45 heavy (non-hydrogen) atoms. The van der Waals surface area contributed by atoms with E-state index in [0.29, 0.717) is 17.0 Å². The van der Waals surface area contributed by atoms with Crippen molar-refractivity contribution in [1.82, 2.24) is 40.7 Å². The van der Waals surface area contributed by atoms with Crippen molar-refractivity contribution in [3.63, 3.8) is 0 Å². The Morgan fingerprint density at radius 1 is 1.09 bits per heavy atom. The van der Waals surface area contributed by atoms with Crippen LogP contribution < -0.4 is 21.3 Å². The topological polar surface area (TPSA) is 116 Å². The van der Waals surface area contributed by atoms with E-state index in [0.717, 1.165) is 66.2 Å². The summed E-state index contributed by atoms with van der Waals surface area (Å²) in [6.07, 6.45) is 8.80. The minimum atomic E-state index is -0.344. The van der Waals surface area contributed by atoms with Crippen molar-refractivity contribution in [3.05, 3.63) is 82.2 Å². The number of nitrogens with one attached hydrogen (secondary N) is 4. The fraction of sp³-hybridized carbons (Fsp3) is 0.471. The summed E-state index contributed by atoms with van der Waals surface area (Å²) in [5.74, 6) is 0. The molecule has 0 spiro atoms. The molecular weight excluding hydrogens is 588 g/mol. The summed E-state index contributed by atoms with van der Waals surface area (Å²) in [5.41, 5.74) is 6.18. The van der Waals surface area contributed by atoms with Crippen molar-refractivity contribution in [2.45, 2.75) is 65.1 Å². The van der Waals surface area contributed by atoms with Crippen LogP contribution >= 0.6 is 11.6 Å². The number of pyridine rings is 1. The Kier molecular flexibility index (Phi) is 12.7. The van der Waals surface area contributed by atoms with Gasteiger partial charge in [-0.05, 0) is 95.1 Å². The molecule has 1 aliphatic heterocycles. The number of imidazole rings is 1. The zero-order valence-electron chi connectivity index (χ0n) is 27.9. The lowest BCUT2D eigenvalue weighted by Crippen LogP contribution is -2.54. The first kappa shape index (κ1) is 35.7. The van der Waals surface area contributed by atoms with E-state index in [1.807, 2.05) is 74.7 Å². The first-order chi connectivity index (χ1) is 21.2. The molecule has 2 aromatic heterocycles. The molecule has 3 aromatic rings. The molecule has 0 radical (unpaired) electrons. The van der Waals surface area contributed by atoms with Gasteiger partial charge in [-0.25, -0.2) is 9.78 Å². The van der Waals surface area contributed by atoms with Gasteiger partial charge in [-0.1, -0.05) is 23.7 Å². The van der Waals surface area contributed by atoms with Crippen LogP contribution in [0.4, 0.5) is 4.79 Å². The van der Waals surface area contributed by atoms with Crippen LogP contribution in [0.5, 0.6) is 0 Å². The number of aromatic nitrogens is 3. The fourth-order valence-corrected chi connectivity index (χ4v) is 4.85. The predicted octanol–water partition coefficient (Wildman–Crippen LogP) is 4.80. The number of rotatable bonds is 4. The Morgan fingerprint density at radius 2 is 1.78 bits per heavy atom. The average molecular weight is 637 g/mol. The van der Waals surface area contributed by atoms with Crippen molar-refractivity contribution < 1.29 is 9.59 Å². The lowest BCUT2D eigenvalue weighted by Gasteiger charge is -2.31. The average Bonchev–Trinajstić information content (AvgIpc) is 3.34. The number of carbonyl (C=O) groups is 2. The van der Waals surface area contributed by atoms with Gasteiger partial charge in [0.2, 0.25) is 6.41 Å². The number of benzene rings is 1. The number of hydrogen-bond acceptors (Lipinski definition) is 6. The van der Waals surface area contributed by atoms with Gasteiger partial charge in [0.25, 0.3) is 0 Å². The Bertz CT molecular complexity index is 1450. The summed E-state index contributed by atoms with van der Waals surface area (Å²) < 4.78 is 1.90. The highest BCUT2D eigenvalue weighted by molar-refractivity contribution is 6.30. The maximum atomic E-state index is 11.6. The Labute approximate surface area is 273 Å². The number of carbonyl (C=O) groups excluding carboxylic acids is 2. The monoisotopic (exact) mass is 636 g/mol. The van der Waals surface area contributed by atoms with Crippen LogP contribution in [0.1, 0.15) is 75.7 Å². The van der Waals surface area contributed by atoms with Crippen LogP contribution in [0.15, 0.2) is 49.1 Å². The molecule has 244 valence electrons. The van der Waals surface area contributed by atoms with E-state index in [1.165, 1.54) is 0 Å². The number of aryl methyl sites for hydroxylation is 1. The predicted molar refractivity (Wildman–Crippen MR) is 183 cm³/mol. The van der Waals surface area contributed by atoms with Crippen LogP contribution in [0, 0.1) is 0 Å². The summed E-state index contributed by atoms with van der Waals surface area (Å²) >= 11 is 6.29. The van der Waals surface area contributed by atoms with Crippen LogP contribution in [0.2, 0.25) is 5.02 Å². The molecule has 1 aromatic carbocycles. The zero-order valence-corrected chi connectivity index (χ0v) is 28.6. The van der Waals surface area contributed by atoms with Gasteiger partial charge in [0.15, 0.2) is 0 Å². The number of hydrogen-bond donors (Lipinski definition) is 4. The van der Waals surface area contributed by atoms with Gasteiger partial charge >= 0.3 is 6.03 Å². The van der Waals surface area contributed by atoms with E-state index in [2.05, 4.69) is 58.1 Å². The zero-order chi connectivity index (χ0) is 33.2. The lowest BCUT2D eigenvalue weighted by atomic mass is 9.92. The molecule has 1 saturated heterocycles. The van der Waals surface area contributed by atoms with Crippen LogP contribution in [-0.4, -0.2) is 76.2 Å². The molecule has 0 saturated carbocycles. The Hall–Kier alpha value is -3.73. The van der Waals surface area contributed by atoms with E-state index < -0.39 is 0 Å². The first-order valence-electron chi connectivity index (χ1n) is 15.3. The lowest BCUT2D eigenvalue weighted by molar-refractivity contribution is -0.109. The highest BCUT2D eigenvalue weighted by Gasteiger charge is 2.26. The number of fused-ring (bicyclic) bond motifs is 2. The van der Waals surface area contributed by atoms with Crippen molar-refractivity contribution in [3.8, 4) is 0 Å². The van der Waals surface area contributed by atoms with E-state index in [9.17, 15) is 9.59 Å². The quantitative estimate of drug-likeness (QED) is 0.306. The first-order valence-corrected chi connectivity index (χ1v) is 15.7. The van der Waals surface area contributed by atoms with Crippen LogP contribution in [-0.2, 0) is 18.3 Å². The highest BCUT2D eigenvalue weighted by Crippen LogP contribution is 2.38. The molecule has 10 nitrogen and oxygen atoms in total. The molecule has 5 rings (SSSR count). The SMILES string of the molecule is CC(C)(C)NC(=O)N1CCNCC1.CNC(C)(C)C.Cn1cncc1C(NC=O)C1=Cc2cccnc2Cc2ccc(Cl)cc21. The third-order valence-electron chi connectivity index (χ3n) is 7.31. The smallest absolute Gasteiger partial charge is 0.317 e. The molecular formula is C34H49ClN8O2. The molecule has 11 heteroatoms. The molecule has 1 aliphatic carbocycles. The second-order valence-corrected chi connectivity index (χ2v) is 13.6. The Balaban J connectivity index is 0.000000242. The van der Waals surface area contributed by atoms with Crippen molar-refractivity contribution in [2.75, 3.05) is 33.2 Å². The maximum absolute atomic E-state index is 11.6. The normalized spacial score (nSPS) is 15.0. The van der Waals surface area contributed by atoms with Gasteiger partial charge in [0.05, 0.1) is 30.0 Å². The van der Waals surface area contributed by atoms with Crippen molar-refractivity contribution in [1.29, 1.82) is 0 Å². The van der Waals surface area contributed by atoms with Crippen molar-refractivity contribution >= 4 is 35.7 Å². The van der Waals surface area contributed by atoms with Crippen LogP contribution in [0.25, 0.3) is 11.6 Å². The Morgan fingerprint density at radius 3 is 2.36 bits per heavy atom. The van der Waals surface area contributed by atoms with Gasteiger partial charge in [0, 0.05) is 61.9 Å². The second kappa shape index (κ2) is 16.0. The summed E-state index contributed by atoms with van der Waals surface area (Å²) in [5, 5.41) is 12.9. The molecule has 3 amide bonds. The van der Waals surface area contributed by atoms with E-state index in [4.69, 9.17) is 11.6 Å². The van der Waals surface area contributed by atoms with E-state index in [1.54, 1.807) is 18.7 Å². The summed E-state index contributed by atoms with van der Waals surface area (Å²) in [7, 11) is 3.87. The molecule has 1 unspecified atom stereocenters. The molecule has 1 atom stereocenters. The minimum absolute atomic E-state index is 0.0500. The maximum Gasteiger partial charge on any atom is 0.317 e. The molecule has 0 bridgehead atoms. The van der Waals surface area contributed by atoms with E-state index in [-0.39, 0.29) is 17.6 Å². The third kappa shape index (κ3) is 11.0. The van der Waals surface area contributed by atoms with Gasteiger partial charge in [-0.15, -0.1) is 0 Å². The van der Waals surface area contributed by atoms with E-state index >= 15 is 0 Å². The standard InChI is InChI=1S/C20H17ClN4O.C9H19N3O.C5H13N/c1-25-11-22-10-19(25)20(24-12-26)17-7-14-3-2-6-23-18(14)8-13-4-5-15(21)9-16(13)17;1-9(2,3)11-8(13)12-6-4-10-5-7-12;1-5(2,3)6-4/h2-7,9-12,20H,8H2,1H3,(H,24,26);10H,4-7H2,1-3H3,(H,11,13);6H,1-4H3. The molecule has 1 fully saturated rings. The molecule has 2 aliphatic rings. The number of piperazine rings is 1. The largest absolute Gasteiger partial charge is 0.346 e. The molecule has 4 N–H and O–H groups in total. The summed E-state index contributed by atoms with van der Waals surface area (Å²) in [6, 6.07) is 9.52. The third-order valence-corrected chi connectivity index (χ3v) is 7.54. The van der Waals surface area contributed by atoms with Crippen molar-refractivity contribution in [2.24, 2.45) is 7.05 Å². The molecule has 3 heterocycles. The highest BCUT2D eigenvalue weighted by atomic mass is 35.5. The number of halogens is 1. The van der Waals surface area contributed by atoms with Gasteiger partial charge in [0.1, 0.15) is 0 Å². The van der Waals surface area contributed by atoms with Crippen LogP contribution in [0.3, 0.4) is 0 Å². The van der Waals surface area contributed by atoms with Gasteiger partial charge in [-0.3, -0.25) is 9.78 Å². The minimum Gasteiger partial charge on any atom is -0.346 e. The fourth-order valence-electron chi connectivity index (χ4n) is 4.68. The summed E-state index contributed by atoms with van der Waals surface area (Å²) in [6.45, 7) is 15.8. The summed E-state index contributed by atoms with van der Waals surface area (Å²) in [4.78, 5) is 33.6. The van der Waals surface area contributed by atoms with Gasteiger partial charge < -0.3 is 30.7 Å². The number of amides is 3.